The van der Waals surface area contributed by atoms with Crippen LogP contribution in [0.1, 0.15) is 5.56 Å². The number of para-hydroxylation sites is 2. The molecule has 2 aromatic carbocycles. The number of fused-ring (bicyclic) bond motifs is 2. The lowest BCUT2D eigenvalue weighted by molar-refractivity contribution is -0.116. The lowest BCUT2D eigenvalue weighted by Crippen LogP contribution is -2.25. The number of benzene rings is 2. The lowest BCUT2D eigenvalue weighted by Gasteiger charge is -2.12. The van der Waals surface area contributed by atoms with Crippen molar-refractivity contribution < 1.29 is 13.9 Å². The molecule has 0 bridgehead atoms. The van der Waals surface area contributed by atoms with E-state index in [1.165, 1.54) is 11.7 Å². The maximum atomic E-state index is 12.8. The van der Waals surface area contributed by atoms with Gasteiger partial charge in [-0.05, 0) is 55.0 Å². The van der Waals surface area contributed by atoms with E-state index in [1.54, 1.807) is 30.3 Å². The Bertz CT molecular complexity index is 1530. The maximum Gasteiger partial charge on any atom is 0.420 e. The fourth-order valence-electron chi connectivity index (χ4n) is 3.68. The van der Waals surface area contributed by atoms with Crippen molar-refractivity contribution in [1.29, 1.82) is 0 Å². The van der Waals surface area contributed by atoms with Crippen molar-refractivity contribution in [3.63, 3.8) is 0 Å². The quantitative estimate of drug-likeness (QED) is 0.459. The first-order valence-electron chi connectivity index (χ1n) is 10.0. The van der Waals surface area contributed by atoms with Crippen LogP contribution in [-0.4, -0.2) is 27.0 Å². The Kier molecular flexibility index (Phi) is 4.74. The standard InChI is InChI=1S/C24H20N4O4/c1-15-9-10-27-13-18(25-22(27)11-15)16-7-8-20(31-2)17(12-16)26-23(29)14-28-19-5-3-4-6-21(19)32-24(28)30/h3-13H,14H2,1-2H3,(H,26,29). The number of pyridine rings is 1. The normalized spacial score (nSPS) is 11.2. The van der Waals surface area contributed by atoms with Crippen molar-refractivity contribution in [2.24, 2.45) is 0 Å². The van der Waals surface area contributed by atoms with E-state index in [-0.39, 0.29) is 12.5 Å². The second-order valence-electron chi connectivity index (χ2n) is 7.48. The molecule has 0 saturated carbocycles. The van der Waals surface area contributed by atoms with Gasteiger partial charge in [-0.25, -0.2) is 9.78 Å². The van der Waals surface area contributed by atoms with E-state index in [0.29, 0.717) is 22.5 Å². The number of nitrogens with zero attached hydrogens (tertiary/aromatic N) is 3. The molecule has 32 heavy (non-hydrogen) atoms. The van der Waals surface area contributed by atoms with Gasteiger partial charge in [0.15, 0.2) is 5.58 Å². The first kappa shape index (κ1) is 19.6. The first-order valence-corrected chi connectivity index (χ1v) is 10.0. The van der Waals surface area contributed by atoms with E-state index in [4.69, 9.17) is 9.15 Å². The van der Waals surface area contributed by atoms with Gasteiger partial charge < -0.3 is 18.9 Å². The van der Waals surface area contributed by atoms with E-state index >= 15 is 0 Å². The summed E-state index contributed by atoms with van der Waals surface area (Å²) in [4.78, 5) is 29.6. The average molecular weight is 428 g/mol. The van der Waals surface area contributed by atoms with Crippen molar-refractivity contribution >= 4 is 28.3 Å². The van der Waals surface area contributed by atoms with Gasteiger partial charge in [0.1, 0.15) is 17.9 Å². The fourth-order valence-corrected chi connectivity index (χ4v) is 3.68. The fraction of sp³-hybridized carbons (Fsp3) is 0.125. The number of aryl methyl sites for hydroxylation is 1. The molecule has 0 spiro atoms. The molecule has 8 heteroatoms. The van der Waals surface area contributed by atoms with Crippen LogP contribution in [0.25, 0.3) is 28.0 Å². The number of nitrogens with one attached hydrogen (secondary N) is 1. The van der Waals surface area contributed by atoms with Gasteiger partial charge in [-0.1, -0.05) is 12.1 Å². The Morgan fingerprint density at radius 1 is 1.16 bits per heavy atom. The molecule has 0 fully saturated rings. The number of oxazole rings is 1. The number of methoxy groups -OCH3 is 1. The van der Waals surface area contributed by atoms with Gasteiger partial charge in [-0.15, -0.1) is 0 Å². The van der Waals surface area contributed by atoms with Crippen LogP contribution in [0.4, 0.5) is 5.69 Å². The summed E-state index contributed by atoms with van der Waals surface area (Å²) in [7, 11) is 1.53. The van der Waals surface area contributed by atoms with Gasteiger partial charge in [0, 0.05) is 18.0 Å². The summed E-state index contributed by atoms with van der Waals surface area (Å²) in [5.74, 6) is -0.451. The van der Waals surface area contributed by atoms with Crippen LogP contribution in [-0.2, 0) is 11.3 Å². The molecular weight excluding hydrogens is 408 g/mol. The summed E-state index contributed by atoms with van der Waals surface area (Å²) >= 11 is 0. The number of hydrogen-bond acceptors (Lipinski definition) is 5. The Morgan fingerprint density at radius 3 is 2.84 bits per heavy atom. The van der Waals surface area contributed by atoms with Crippen LogP contribution < -0.4 is 15.8 Å². The summed E-state index contributed by atoms with van der Waals surface area (Å²) < 4.78 is 13.9. The monoisotopic (exact) mass is 428 g/mol. The zero-order valence-electron chi connectivity index (χ0n) is 17.5. The predicted octanol–water partition coefficient (Wildman–Crippen LogP) is 3.86. The minimum atomic E-state index is -0.581. The Morgan fingerprint density at radius 2 is 2.00 bits per heavy atom. The summed E-state index contributed by atoms with van der Waals surface area (Å²) in [6.07, 6.45) is 3.89. The molecule has 1 N–H and O–H groups in total. The van der Waals surface area contributed by atoms with E-state index in [0.717, 1.165) is 22.5 Å². The summed E-state index contributed by atoms with van der Waals surface area (Å²) in [6.45, 7) is 1.83. The molecule has 0 aliphatic carbocycles. The highest BCUT2D eigenvalue weighted by Gasteiger charge is 2.15. The van der Waals surface area contributed by atoms with Gasteiger partial charge >= 0.3 is 5.76 Å². The van der Waals surface area contributed by atoms with Crippen LogP contribution in [0.3, 0.4) is 0 Å². The second-order valence-corrected chi connectivity index (χ2v) is 7.48. The molecule has 1 amide bonds. The predicted molar refractivity (Wildman–Crippen MR) is 121 cm³/mol. The van der Waals surface area contributed by atoms with Crippen molar-refractivity contribution in [3.05, 3.63) is 83.1 Å². The van der Waals surface area contributed by atoms with Crippen molar-refractivity contribution in [2.45, 2.75) is 13.5 Å². The average Bonchev–Trinajstić information content (AvgIpc) is 3.34. The smallest absolute Gasteiger partial charge is 0.420 e. The van der Waals surface area contributed by atoms with Crippen molar-refractivity contribution in [2.75, 3.05) is 12.4 Å². The number of amides is 1. The van der Waals surface area contributed by atoms with E-state index in [1.807, 2.05) is 48.0 Å². The number of aromatic nitrogens is 3. The minimum absolute atomic E-state index is 0.184. The number of imidazole rings is 1. The molecule has 3 heterocycles. The molecule has 0 unspecified atom stereocenters. The molecule has 5 rings (SSSR count). The number of anilines is 1. The molecule has 0 aliphatic heterocycles. The highest BCUT2D eigenvalue weighted by molar-refractivity contribution is 5.93. The molecule has 5 aromatic rings. The van der Waals surface area contributed by atoms with Crippen LogP contribution in [0.5, 0.6) is 5.75 Å². The van der Waals surface area contributed by atoms with Gasteiger partial charge in [-0.2, -0.15) is 0 Å². The Labute approximate surface area is 182 Å². The van der Waals surface area contributed by atoms with Gasteiger partial charge in [-0.3, -0.25) is 9.36 Å². The van der Waals surface area contributed by atoms with E-state index in [9.17, 15) is 9.59 Å². The van der Waals surface area contributed by atoms with Crippen molar-refractivity contribution in [1.82, 2.24) is 14.0 Å². The molecule has 8 nitrogen and oxygen atoms in total. The SMILES string of the molecule is COc1ccc(-c2cn3ccc(C)cc3n2)cc1NC(=O)Cn1c(=O)oc2ccccc21. The Hall–Kier alpha value is -4.33. The number of carbonyl (C=O) groups excluding carboxylic acids is 1. The van der Waals surface area contributed by atoms with Crippen LogP contribution in [0.15, 0.2) is 76.2 Å². The largest absolute Gasteiger partial charge is 0.495 e. The zero-order chi connectivity index (χ0) is 22.2. The zero-order valence-corrected chi connectivity index (χ0v) is 17.5. The van der Waals surface area contributed by atoms with Gasteiger partial charge in [0.2, 0.25) is 5.91 Å². The third-order valence-corrected chi connectivity index (χ3v) is 5.26. The highest BCUT2D eigenvalue weighted by Crippen LogP contribution is 2.30. The van der Waals surface area contributed by atoms with E-state index < -0.39 is 5.76 Å². The summed E-state index contributed by atoms with van der Waals surface area (Å²) in [5.41, 5.74) is 5.05. The van der Waals surface area contributed by atoms with E-state index in [2.05, 4.69) is 10.3 Å². The third-order valence-electron chi connectivity index (χ3n) is 5.26. The number of carbonyl (C=O) groups is 1. The first-order chi connectivity index (χ1) is 15.5. The molecule has 0 aliphatic rings. The summed E-state index contributed by atoms with van der Waals surface area (Å²) in [6, 6.07) is 16.5. The molecule has 160 valence electrons. The topological polar surface area (TPSA) is 90.8 Å². The molecule has 0 radical (unpaired) electrons. The molecular formula is C24H20N4O4. The summed E-state index contributed by atoms with van der Waals surface area (Å²) in [5, 5.41) is 2.84. The third kappa shape index (κ3) is 3.51. The van der Waals surface area contributed by atoms with Gasteiger partial charge in [0.05, 0.1) is 24.0 Å². The minimum Gasteiger partial charge on any atom is -0.495 e. The second kappa shape index (κ2) is 7.73. The van der Waals surface area contributed by atoms with Crippen LogP contribution >= 0.6 is 0 Å². The van der Waals surface area contributed by atoms with Crippen LogP contribution in [0.2, 0.25) is 0 Å². The maximum absolute atomic E-state index is 12.8. The molecule has 0 atom stereocenters. The lowest BCUT2D eigenvalue weighted by atomic mass is 10.1. The van der Waals surface area contributed by atoms with Crippen LogP contribution in [0, 0.1) is 6.92 Å². The van der Waals surface area contributed by atoms with Gasteiger partial charge in [0.25, 0.3) is 0 Å². The van der Waals surface area contributed by atoms with Crippen molar-refractivity contribution in [3.8, 4) is 17.0 Å². The molecule has 0 saturated heterocycles. The number of ether oxygens (including phenoxy) is 1. The molecule has 3 aromatic heterocycles. The highest BCUT2D eigenvalue weighted by atomic mass is 16.5. The number of rotatable bonds is 5. The Balaban J connectivity index is 1.45. The number of hydrogen-bond donors (Lipinski definition) is 1.